The first-order chi connectivity index (χ1) is 11.1. The first-order valence-corrected chi connectivity index (χ1v) is 8.01. The molecule has 2 heterocycles. The molecule has 0 saturated carbocycles. The van der Waals surface area contributed by atoms with E-state index >= 15 is 0 Å². The fraction of sp³-hybridized carbons (Fsp3) is 0.235. The monoisotopic (exact) mass is 349 g/mol. The highest BCUT2D eigenvalue weighted by molar-refractivity contribution is 6.35. The van der Waals surface area contributed by atoms with Crippen LogP contribution in [0.3, 0.4) is 0 Å². The summed E-state index contributed by atoms with van der Waals surface area (Å²) in [5.41, 5.74) is 2.34. The molecule has 1 amide bonds. The van der Waals surface area contributed by atoms with Gasteiger partial charge in [-0.1, -0.05) is 47.5 Å². The van der Waals surface area contributed by atoms with Crippen LogP contribution in [0.5, 0.6) is 0 Å². The van der Waals surface area contributed by atoms with Gasteiger partial charge in [-0.3, -0.25) is 4.79 Å². The molecule has 4 rings (SSSR count). The van der Waals surface area contributed by atoms with Crippen LogP contribution in [-0.4, -0.2) is 19.1 Å². The van der Waals surface area contributed by atoms with E-state index in [-0.39, 0.29) is 5.91 Å². The number of hydrogen-bond donors (Lipinski definition) is 0. The number of ether oxygens (including phenoxy) is 2. The molecule has 0 atom stereocenters. The molecule has 0 unspecified atom stereocenters. The van der Waals surface area contributed by atoms with Gasteiger partial charge in [-0.05, 0) is 23.8 Å². The van der Waals surface area contributed by atoms with Crippen LogP contribution in [0.1, 0.15) is 11.1 Å². The van der Waals surface area contributed by atoms with E-state index in [2.05, 4.69) is 0 Å². The summed E-state index contributed by atoms with van der Waals surface area (Å²) in [4.78, 5) is 14.6. The lowest BCUT2D eigenvalue weighted by atomic mass is 10.1. The molecule has 0 aliphatic carbocycles. The summed E-state index contributed by atoms with van der Waals surface area (Å²) >= 11 is 12.2. The SMILES string of the molecule is O=C1N(Cc2ccc(Cl)cc2Cl)c2ccccc2C12OCCO2. The van der Waals surface area contributed by atoms with Crippen LogP contribution in [0.25, 0.3) is 0 Å². The van der Waals surface area contributed by atoms with Gasteiger partial charge in [0.1, 0.15) is 0 Å². The van der Waals surface area contributed by atoms with Crippen molar-refractivity contribution in [2.24, 2.45) is 0 Å². The maximum Gasteiger partial charge on any atom is 0.292 e. The van der Waals surface area contributed by atoms with E-state index in [1.54, 1.807) is 17.0 Å². The average Bonchev–Trinajstić information content (AvgIpc) is 3.11. The Bertz CT molecular complexity index is 787. The first-order valence-electron chi connectivity index (χ1n) is 7.25. The van der Waals surface area contributed by atoms with Gasteiger partial charge in [0.25, 0.3) is 11.7 Å². The third-order valence-corrected chi connectivity index (χ3v) is 4.70. The number of para-hydroxylation sites is 1. The highest BCUT2D eigenvalue weighted by Crippen LogP contribution is 2.46. The van der Waals surface area contributed by atoms with Crippen molar-refractivity contribution in [1.29, 1.82) is 0 Å². The van der Waals surface area contributed by atoms with E-state index in [0.29, 0.717) is 29.8 Å². The molecule has 1 spiro atoms. The molecule has 0 N–H and O–H groups in total. The molecule has 2 aliphatic heterocycles. The zero-order chi connectivity index (χ0) is 16.0. The minimum absolute atomic E-state index is 0.220. The van der Waals surface area contributed by atoms with Crippen LogP contribution < -0.4 is 4.90 Å². The normalized spacial score (nSPS) is 18.7. The smallest absolute Gasteiger partial charge is 0.292 e. The zero-order valence-corrected chi connectivity index (χ0v) is 13.6. The molecular formula is C17H13Cl2NO3. The van der Waals surface area contributed by atoms with Crippen LogP contribution in [0.15, 0.2) is 42.5 Å². The third-order valence-electron chi connectivity index (χ3n) is 4.11. The van der Waals surface area contributed by atoms with Crippen LogP contribution in [-0.2, 0) is 26.6 Å². The van der Waals surface area contributed by atoms with Crippen molar-refractivity contribution in [3.8, 4) is 0 Å². The quantitative estimate of drug-likeness (QED) is 0.828. The van der Waals surface area contributed by atoms with E-state index in [1.165, 1.54) is 0 Å². The van der Waals surface area contributed by atoms with E-state index in [4.69, 9.17) is 32.7 Å². The lowest BCUT2D eigenvalue weighted by Gasteiger charge is -2.22. The van der Waals surface area contributed by atoms with Gasteiger partial charge in [0.05, 0.1) is 25.4 Å². The standard InChI is InChI=1S/C17H13Cl2NO3/c18-12-6-5-11(14(19)9-12)10-20-15-4-2-1-3-13(15)17(16(20)21)22-7-8-23-17/h1-6,9H,7-8,10H2. The van der Waals surface area contributed by atoms with Gasteiger partial charge < -0.3 is 14.4 Å². The number of hydrogen-bond acceptors (Lipinski definition) is 3. The van der Waals surface area contributed by atoms with Crippen LogP contribution in [0.4, 0.5) is 5.69 Å². The molecule has 1 saturated heterocycles. The summed E-state index contributed by atoms with van der Waals surface area (Å²) in [5, 5.41) is 1.09. The Hall–Kier alpha value is -1.59. The Morgan fingerprint density at radius 1 is 1.09 bits per heavy atom. The highest BCUT2D eigenvalue weighted by atomic mass is 35.5. The highest BCUT2D eigenvalue weighted by Gasteiger charge is 2.55. The summed E-state index contributed by atoms with van der Waals surface area (Å²) in [6.07, 6.45) is 0. The second-order valence-electron chi connectivity index (χ2n) is 5.46. The molecule has 4 nitrogen and oxygen atoms in total. The molecule has 0 radical (unpaired) electrons. The van der Waals surface area contributed by atoms with Gasteiger partial charge in [0, 0.05) is 15.6 Å². The van der Waals surface area contributed by atoms with E-state index in [1.807, 2.05) is 30.3 Å². The van der Waals surface area contributed by atoms with Gasteiger partial charge in [0.2, 0.25) is 0 Å². The Balaban J connectivity index is 1.76. The fourth-order valence-electron chi connectivity index (χ4n) is 3.06. The van der Waals surface area contributed by atoms with E-state index in [9.17, 15) is 4.79 Å². The number of carbonyl (C=O) groups excluding carboxylic acids is 1. The minimum atomic E-state index is -1.31. The summed E-state index contributed by atoms with van der Waals surface area (Å²) in [6, 6.07) is 12.8. The molecule has 2 aromatic rings. The predicted octanol–water partition coefficient (Wildman–Crippen LogP) is 3.74. The van der Waals surface area contributed by atoms with Crippen molar-refractivity contribution in [3.05, 3.63) is 63.6 Å². The van der Waals surface area contributed by atoms with E-state index in [0.717, 1.165) is 16.8 Å². The Morgan fingerprint density at radius 2 is 1.83 bits per heavy atom. The van der Waals surface area contributed by atoms with E-state index < -0.39 is 5.79 Å². The first kappa shape index (κ1) is 15.0. The largest absolute Gasteiger partial charge is 0.336 e. The molecule has 2 aliphatic rings. The number of rotatable bonds is 2. The van der Waals surface area contributed by atoms with Crippen molar-refractivity contribution in [1.82, 2.24) is 0 Å². The Labute approximate surface area is 143 Å². The molecule has 2 aromatic carbocycles. The molecule has 0 bridgehead atoms. The zero-order valence-electron chi connectivity index (χ0n) is 12.1. The molecule has 0 aromatic heterocycles. The number of carbonyl (C=O) groups is 1. The van der Waals surface area contributed by atoms with Gasteiger partial charge >= 0.3 is 0 Å². The maximum atomic E-state index is 13.0. The summed E-state index contributed by atoms with van der Waals surface area (Å²) in [6.45, 7) is 1.13. The molecule has 118 valence electrons. The van der Waals surface area contributed by atoms with Crippen molar-refractivity contribution in [2.75, 3.05) is 18.1 Å². The van der Waals surface area contributed by atoms with Gasteiger partial charge in [-0.25, -0.2) is 0 Å². The van der Waals surface area contributed by atoms with Crippen LogP contribution in [0.2, 0.25) is 10.0 Å². The van der Waals surface area contributed by atoms with Crippen molar-refractivity contribution in [3.63, 3.8) is 0 Å². The summed E-state index contributed by atoms with van der Waals surface area (Å²) in [5.74, 6) is -1.53. The van der Waals surface area contributed by atoms with Gasteiger partial charge in [-0.2, -0.15) is 0 Å². The molecular weight excluding hydrogens is 337 g/mol. The summed E-state index contributed by atoms with van der Waals surface area (Å²) < 4.78 is 11.4. The third kappa shape index (κ3) is 2.25. The molecule has 1 fully saturated rings. The number of fused-ring (bicyclic) bond motifs is 2. The average molecular weight is 350 g/mol. The van der Waals surface area contributed by atoms with Gasteiger partial charge in [-0.15, -0.1) is 0 Å². The number of nitrogens with zero attached hydrogens (tertiary/aromatic N) is 1. The number of anilines is 1. The summed E-state index contributed by atoms with van der Waals surface area (Å²) in [7, 11) is 0. The number of halogens is 2. The maximum absolute atomic E-state index is 13.0. The Kier molecular flexibility index (Phi) is 3.58. The topological polar surface area (TPSA) is 38.8 Å². The van der Waals surface area contributed by atoms with Crippen LogP contribution in [0, 0.1) is 0 Å². The van der Waals surface area contributed by atoms with Crippen molar-refractivity contribution >= 4 is 34.8 Å². The lowest BCUT2D eigenvalue weighted by molar-refractivity contribution is -0.180. The number of benzene rings is 2. The van der Waals surface area contributed by atoms with Gasteiger partial charge in [0.15, 0.2) is 0 Å². The van der Waals surface area contributed by atoms with Crippen molar-refractivity contribution in [2.45, 2.75) is 12.3 Å². The van der Waals surface area contributed by atoms with Crippen LogP contribution >= 0.6 is 23.2 Å². The predicted molar refractivity (Wildman–Crippen MR) is 87.7 cm³/mol. The lowest BCUT2D eigenvalue weighted by Crippen LogP contribution is -2.40. The fourth-order valence-corrected chi connectivity index (χ4v) is 3.53. The second kappa shape index (κ2) is 5.49. The Morgan fingerprint density at radius 3 is 2.57 bits per heavy atom. The molecule has 6 heteroatoms. The molecule has 23 heavy (non-hydrogen) atoms. The van der Waals surface area contributed by atoms with Crippen molar-refractivity contribution < 1.29 is 14.3 Å². The number of amides is 1. The minimum Gasteiger partial charge on any atom is -0.336 e. The second-order valence-corrected chi connectivity index (χ2v) is 6.30.